The quantitative estimate of drug-likeness (QED) is 0.468. The third kappa shape index (κ3) is 4.84. The van der Waals surface area contributed by atoms with Crippen LogP contribution in [0.3, 0.4) is 0 Å². The van der Waals surface area contributed by atoms with Gasteiger partial charge in [0.15, 0.2) is 0 Å². The van der Waals surface area contributed by atoms with E-state index in [4.69, 9.17) is 4.74 Å². The molecule has 1 saturated heterocycles. The molecular weight excluding hydrogens is 489 g/mol. The molecule has 1 fully saturated rings. The summed E-state index contributed by atoms with van der Waals surface area (Å²) in [5.74, 6) is -2.33. The number of carbonyl (C=O) groups excluding carboxylic acids is 2. The summed E-state index contributed by atoms with van der Waals surface area (Å²) in [5.41, 5.74) is 1.55. The molecule has 0 bridgehead atoms. The van der Waals surface area contributed by atoms with E-state index >= 15 is 0 Å². The van der Waals surface area contributed by atoms with E-state index in [1.54, 1.807) is 13.0 Å². The van der Waals surface area contributed by atoms with Gasteiger partial charge in [-0.2, -0.15) is 0 Å². The van der Waals surface area contributed by atoms with Crippen molar-refractivity contribution in [1.29, 1.82) is 0 Å². The number of amides is 2. The molecular formula is C26H23BrFNO4. The summed E-state index contributed by atoms with van der Waals surface area (Å²) < 4.78 is 20.7. The van der Waals surface area contributed by atoms with E-state index < -0.39 is 42.0 Å². The topological polar surface area (TPSA) is 66.8 Å². The van der Waals surface area contributed by atoms with E-state index in [0.29, 0.717) is 4.47 Å². The first-order valence-corrected chi connectivity index (χ1v) is 11.4. The lowest BCUT2D eigenvalue weighted by molar-refractivity contribution is -0.137. The summed E-state index contributed by atoms with van der Waals surface area (Å²) in [4.78, 5) is 27.5. The van der Waals surface area contributed by atoms with Gasteiger partial charge in [-0.3, -0.25) is 4.79 Å². The molecule has 5 nitrogen and oxygen atoms in total. The van der Waals surface area contributed by atoms with E-state index in [1.807, 2.05) is 60.7 Å². The van der Waals surface area contributed by atoms with E-state index in [1.165, 1.54) is 12.1 Å². The fourth-order valence-electron chi connectivity index (χ4n) is 4.18. The Balaban J connectivity index is 1.67. The average Bonchev–Trinajstić information content (AvgIpc) is 3.11. The molecule has 3 aromatic carbocycles. The van der Waals surface area contributed by atoms with Gasteiger partial charge in [0.1, 0.15) is 11.9 Å². The van der Waals surface area contributed by atoms with E-state index in [-0.39, 0.29) is 12.0 Å². The van der Waals surface area contributed by atoms with Crippen LogP contribution >= 0.6 is 15.9 Å². The Hall–Kier alpha value is -3.03. The minimum Gasteiger partial charge on any atom is -0.439 e. The molecule has 4 rings (SSSR count). The molecule has 2 amide bonds. The van der Waals surface area contributed by atoms with Crippen molar-refractivity contribution in [3.05, 3.63) is 106 Å². The van der Waals surface area contributed by atoms with Crippen molar-refractivity contribution in [3.63, 3.8) is 0 Å². The van der Waals surface area contributed by atoms with Crippen molar-refractivity contribution in [2.75, 3.05) is 0 Å². The number of ether oxygens (including phenoxy) is 1. The van der Waals surface area contributed by atoms with Crippen LogP contribution in [0.2, 0.25) is 0 Å². The molecule has 1 N–H and O–H groups in total. The lowest BCUT2D eigenvalue weighted by Crippen LogP contribution is -2.44. The molecule has 7 heteroatoms. The summed E-state index contributed by atoms with van der Waals surface area (Å²) in [6, 6.07) is 22.0. The molecule has 1 unspecified atom stereocenters. The zero-order valence-corrected chi connectivity index (χ0v) is 19.5. The second-order valence-electron chi connectivity index (χ2n) is 8.07. The molecule has 1 aliphatic rings. The number of aliphatic hydroxyl groups is 1. The van der Waals surface area contributed by atoms with E-state index in [2.05, 4.69) is 15.9 Å². The van der Waals surface area contributed by atoms with Crippen LogP contribution in [0.25, 0.3) is 0 Å². The minimum atomic E-state index is -1.46. The first kappa shape index (κ1) is 23.1. The Kier molecular flexibility index (Phi) is 6.91. The normalized spacial score (nSPS) is 19.8. The molecule has 0 spiro atoms. The van der Waals surface area contributed by atoms with Gasteiger partial charge in [0.25, 0.3) is 0 Å². The van der Waals surface area contributed by atoms with Crippen molar-refractivity contribution in [3.8, 4) is 0 Å². The van der Waals surface area contributed by atoms with Crippen LogP contribution in [0.15, 0.2) is 83.3 Å². The lowest BCUT2D eigenvalue weighted by Gasteiger charge is -2.28. The lowest BCUT2D eigenvalue weighted by atomic mass is 9.88. The summed E-state index contributed by atoms with van der Waals surface area (Å²) in [7, 11) is 0. The van der Waals surface area contributed by atoms with Crippen molar-refractivity contribution in [2.24, 2.45) is 5.92 Å². The number of hydrogen-bond acceptors (Lipinski definition) is 4. The number of cyclic esters (lactones) is 1. The fraction of sp³-hybridized carbons (Fsp3) is 0.231. The Morgan fingerprint density at radius 2 is 1.73 bits per heavy atom. The largest absolute Gasteiger partial charge is 0.439 e. The van der Waals surface area contributed by atoms with Gasteiger partial charge in [0.2, 0.25) is 5.91 Å². The highest BCUT2D eigenvalue weighted by Gasteiger charge is 2.46. The summed E-state index contributed by atoms with van der Waals surface area (Å²) in [5, 5.41) is 11.1. The van der Waals surface area contributed by atoms with Gasteiger partial charge in [0, 0.05) is 10.0 Å². The number of benzene rings is 3. The number of imide groups is 1. The van der Waals surface area contributed by atoms with Crippen LogP contribution in [-0.4, -0.2) is 28.0 Å². The molecule has 4 atom stereocenters. The number of hydrogen-bond donors (Lipinski definition) is 1. The van der Waals surface area contributed by atoms with E-state index in [9.17, 15) is 19.1 Å². The molecule has 0 saturated carbocycles. The number of halogens is 2. The summed E-state index contributed by atoms with van der Waals surface area (Å²) in [6.45, 7) is 1.73. The van der Waals surface area contributed by atoms with Gasteiger partial charge in [-0.1, -0.05) is 82.7 Å². The number of nitrogens with zero attached hydrogens (tertiary/aromatic N) is 1. The second kappa shape index (κ2) is 9.85. The average molecular weight is 512 g/mol. The van der Waals surface area contributed by atoms with Crippen molar-refractivity contribution >= 4 is 27.9 Å². The molecule has 0 radical (unpaired) electrons. The van der Waals surface area contributed by atoms with Gasteiger partial charge in [-0.05, 0) is 36.6 Å². The third-order valence-corrected chi connectivity index (χ3v) is 6.41. The Morgan fingerprint density at radius 1 is 1.09 bits per heavy atom. The van der Waals surface area contributed by atoms with Crippen LogP contribution in [0, 0.1) is 11.7 Å². The highest BCUT2D eigenvalue weighted by Crippen LogP contribution is 2.36. The predicted molar refractivity (Wildman–Crippen MR) is 125 cm³/mol. The number of aliphatic hydroxyl groups excluding tert-OH is 1. The Bertz CT molecular complexity index is 1140. The second-order valence-corrected chi connectivity index (χ2v) is 8.99. The van der Waals surface area contributed by atoms with Crippen LogP contribution in [-0.2, 0) is 16.0 Å². The third-order valence-electron chi connectivity index (χ3n) is 5.91. The Labute approximate surface area is 199 Å². The molecule has 33 heavy (non-hydrogen) atoms. The van der Waals surface area contributed by atoms with Gasteiger partial charge in [-0.25, -0.2) is 14.1 Å². The van der Waals surface area contributed by atoms with Crippen molar-refractivity contribution in [2.45, 2.75) is 31.6 Å². The summed E-state index contributed by atoms with van der Waals surface area (Å²) >= 11 is 3.21. The number of rotatable bonds is 6. The highest BCUT2D eigenvalue weighted by molar-refractivity contribution is 9.10. The standard InChI is InChI=1S/C26H23BrFNO4/c1-16-24(18-10-6-3-7-11-18)33-26(32)29(16)25(31)21(14-17-8-4-2-5-9-17)23(30)20-13-12-19(27)15-22(20)28/h2-13,15-16,21,23-24,30H,14H2,1H3/t16?,21-,23+,24-/m1/s1. The molecule has 1 heterocycles. The van der Waals surface area contributed by atoms with Gasteiger partial charge in [-0.15, -0.1) is 0 Å². The molecule has 0 aromatic heterocycles. The first-order chi connectivity index (χ1) is 15.9. The van der Waals surface area contributed by atoms with Crippen LogP contribution < -0.4 is 0 Å². The molecule has 0 aliphatic carbocycles. The highest BCUT2D eigenvalue weighted by atomic mass is 79.9. The zero-order chi connectivity index (χ0) is 23.5. The smallest absolute Gasteiger partial charge is 0.417 e. The fourth-order valence-corrected chi connectivity index (χ4v) is 4.52. The predicted octanol–water partition coefficient (Wildman–Crippen LogP) is 5.59. The Morgan fingerprint density at radius 3 is 2.36 bits per heavy atom. The van der Waals surface area contributed by atoms with Crippen molar-refractivity contribution in [1.82, 2.24) is 4.90 Å². The van der Waals surface area contributed by atoms with Crippen LogP contribution in [0.4, 0.5) is 9.18 Å². The van der Waals surface area contributed by atoms with Crippen LogP contribution in [0.5, 0.6) is 0 Å². The number of carbonyl (C=O) groups is 2. The monoisotopic (exact) mass is 511 g/mol. The first-order valence-electron chi connectivity index (χ1n) is 10.6. The zero-order valence-electron chi connectivity index (χ0n) is 17.9. The van der Waals surface area contributed by atoms with E-state index in [0.717, 1.165) is 16.0 Å². The molecule has 170 valence electrons. The maximum Gasteiger partial charge on any atom is 0.417 e. The minimum absolute atomic E-state index is 0.00712. The molecule has 1 aliphatic heterocycles. The molecule has 3 aromatic rings. The van der Waals surface area contributed by atoms with Gasteiger partial charge < -0.3 is 9.84 Å². The van der Waals surface area contributed by atoms with Crippen molar-refractivity contribution < 1.29 is 23.8 Å². The maximum absolute atomic E-state index is 14.7. The summed E-state index contributed by atoms with van der Waals surface area (Å²) in [6.07, 6.45) is -2.73. The maximum atomic E-state index is 14.7. The van der Waals surface area contributed by atoms with Gasteiger partial charge >= 0.3 is 6.09 Å². The van der Waals surface area contributed by atoms with Gasteiger partial charge in [0.05, 0.1) is 18.1 Å². The SMILES string of the molecule is CC1[C@H](c2ccccc2)OC(=O)N1C(=O)[C@H](Cc1ccccc1)[C@@H](O)c1ccc(Br)cc1F. The van der Waals surface area contributed by atoms with Crippen LogP contribution in [0.1, 0.15) is 35.8 Å².